The van der Waals surface area contributed by atoms with E-state index in [0.29, 0.717) is 17.4 Å². The van der Waals surface area contributed by atoms with Gasteiger partial charge in [0.05, 0.1) is 0 Å². The van der Waals surface area contributed by atoms with Gasteiger partial charge in [-0.1, -0.05) is 0 Å². The summed E-state index contributed by atoms with van der Waals surface area (Å²) >= 11 is 0. The van der Waals surface area contributed by atoms with E-state index in [-0.39, 0.29) is 6.29 Å². The van der Waals surface area contributed by atoms with Crippen molar-refractivity contribution in [3.05, 3.63) is 30.4 Å². The maximum Gasteiger partial charge on any atom is 0.265 e. The van der Waals surface area contributed by atoms with Gasteiger partial charge in [0.1, 0.15) is 12.0 Å². The highest BCUT2D eigenvalue weighted by Crippen LogP contribution is 2.31. The maximum absolute atomic E-state index is 5.29. The highest BCUT2D eigenvalue weighted by atomic mass is 16.9. The summed E-state index contributed by atoms with van der Waals surface area (Å²) in [5.41, 5.74) is 0.598. The quantitative estimate of drug-likeness (QED) is 0.762. The van der Waals surface area contributed by atoms with E-state index in [1.54, 1.807) is 18.5 Å². The van der Waals surface area contributed by atoms with Crippen LogP contribution < -0.4 is 0 Å². The minimum absolute atomic E-state index is 0.182. The molecule has 0 atom stereocenters. The van der Waals surface area contributed by atoms with Crippen molar-refractivity contribution in [2.45, 2.75) is 19.5 Å². The molecule has 1 aliphatic heterocycles. The van der Waals surface area contributed by atoms with Crippen molar-refractivity contribution in [3.63, 3.8) is 0 Å². The van der Waals surface area contributed by atoms with Crippen molar-refractivity contribution in [1.82, 2.24) is 15.0 Å². The summed E-state index contributed by atoms with van der Waals surface area (Å²) in [7, 11) is 0. The Labute approximate surface area is 91.3 Å². The lowest BCUT2D eigenvalue weighted by molar-refractivity contribution is -0.383. The second-order valence-corrected chi connectivity index (χ2v) is 3.32. The molecule has 2 aromatic rings. The number of ether oxygens (including phenoxy) is 2. The second kappa shape index (κ2) is 3.66. The first-order valence-electron chi connectivity index (χ1n) is 4.86. The monoisotopic (exact) mass is 219 g/mol. The van der Waals surface area contributed by atoms with Crippen LogP contribution in [0.2, 0.25) is 0 Å². The van der Waals surface area contributed by atoms with Crippen LogP contribution in [0, 0.1) is 0 Å². The van der Waals surface area contributed by atoms with E-state index in [2.05, 4.69) is 15.0 Å². The molecule has 0 aliphatic carbocycles. The topological polar surface area (TPSA) is 70.3 Å². The van der Waals surface area contributed by atoms with Gasteiger partial charge in [-0.15, -0.1) is 0 Å². The van der Waals surface area contributed by atoms with Gasteiger partial charge in [0.15, 0.2) is 6.29 Å². The van der Waals surface area contributed by atoms with Gasteiger partial charge >= 0.3 is 0 Å². The van der Waals surface area contributed by atoms with E-state index in [1.807, 2.05) is 6.92 Å². The largest absolute Gasteiger partial charge is 0.442 e. The van der Waals surface area contributed by atoms with Gasteiger partial charge in [-0.05, 0) is 13.0 Å². The third-order valence-electron chi connectivity index (χ3n) is 2.15. The van der Waals surface area contributed by atoms with Gasteiger partial charge in [-0.3, -0.25) is 0 Å². The van der Waals surface area contributed by atoms with Crippen LogP contribution in [0.5, 0.6) is 0 Å². The molecule has 0 amide bonds. The Bertz CT molecular complexity index is 479. The molecule has 0 unspecified atom stereocenters. The molecular formula is C10H9N3O3. The summed E-state index contributed by atoms with van der Waals surface area (Å²) < 4.78 is 15.8. The summed E-state index contributed by atoms with van der Waals surface area (Å²) in [6.07, 6.45) is 4.13. The van der Waals surface area contributed by atoms with Crippen molar-refractivity contribution in [3.8, 4) is 11.7 Å². The Morgan fingerprint density at radius 3 is 2.62 bits per heavy atom. The summed E-state index contributed by atoms with van der Waals surface area (Å²) in [5.74, 6) is 0.809. The molecule has 1 fully saturated rings. The molecule has 6 nitrogen and oxygen atoms in total. The van der Waals surface area contributed by atoms with Crippen LogP contribution in [-0.4, -0.2) is 21.2 Å². The van der Waals surface area contributed by atoms with Gasteiger partial charge < -0.3 is 13.9 Å². The lowest BCUT2D eigenvalue weighted by Crippen LogP contribution is -2.31. The van der Waals surface area contributed by atoms with Crippen LogP contribution >= 0.6 is 0 Å². The fourth-order valence-corrected chi connectivity index (χ4v) is 1.40. The molecule has 16 heavy (non-hydrogen) atoms. The number of aromatic nitrogens is 3. The van der Waals surface area contributed by atoms with Crippen molar-refractivity contribution >= 4 is 0 Å². The molecule has 0 N–H and O–H groups in total. The molecule has 6 heteroatoms. The first-order valence-corrected chi connectivity index (χ1v) is 4.86. The molecule has 82 valence electrons. The number of oxazole rings is 1. The van der Waals surface area contributed by atoms with Crippen LogP contribution in [0.25, 0.3) is 11.7 Å². The third kappa shape index (κ3) is 1.58. The lowest BCUT2D eigenvalue weighted by atomic mass is 10.4. The van der Waals surface area contributed by atoms with Gasteiger partial charge in [-0.25, -0.2) is 15.0 Å². The van der Waals surface area contributed by atoms with Crippen molar-refractivity contribution < 1.29 is 13.9 Å². The Hall–Kier alpha value is -1.79. The molecule has 0 saturated carbocycles. The highest BCUT2D eigenvalue weighted by molar-refractivity contribution is 5.39. The van der Waals surface area contributed by atoms with Gasteiger partial charge in [0.2, 0.25) is 12.1 Å². The first-order chi connectivity index (χ1) is 7.83. The number of hydrogen-bond acceptors (Lipinski definition) is 6. The lowest BCUT2D eigenvalue weighted by Gasteiger charge is -2.31. The Balaban J connectivity index is 1.83. The average Bonchev–Trinajstić information content (AvgIpc) is 2.75. The Morgan fingerprint density at radius 1 is 1.19 bits per heavy atom. The number of hydrogen-bond donors (Lipinski definition) is 0. The smallest absolute Gasteiger partial charge is 0.265 e. The van der Waals surface area contributed by atoms with Crippen molar-refractivity contribution in [1.29, 1.82) is 0 Å². The second-order valence-electron chi connectivity index (χ2n) is 3.32. The molecule has 0 radical (unpaired) electrons. The minimum Gasteiger partial charge on any atom is -0.442 e. The summed E-state index contributed by atoms with van der Waals surface area (Å²) in [6.45, 7) is 1.82. The molecule has 0 bridgehead atoms. The Kier molecular flexibility index (Phi) is 2.16. The van der Waals surface area contributed by atoms with E-state index in [1.165, 1.54) is 6.26 Å². The average molecular weight is 219 g/mol. The normalized spacial score (nSPS) is 24.1. The van der Waals surface area contributed by atoms with Gasteiger partial charge in [-0.2, -0.15) is 0 Å². The summed E-state index contributed by atoms with van der Waals surface area (Å²) in [4.78, 5) is 12.3. The molecule has 3 heterocycles. The molecule has 0 spiro atoms. The predicted octanol–water partition coefficient (Wildman–Crippen LogP) is 1.52. The van der Waals surface area contributed by atoms with E-state index in [9.17, 15) is 0 Å². The number of nitrogens with zero attached hydrogens (tertiary/aromatic N) is 3. The highest BCUT2D eigenvalue weighted by Gasteiger charge is 2.31. The van der Waals surface area contributed by atoms with E-state index < -0.39 is 6.29 Å². The fraction of sp³-hybridized carbons (Fsp3) is 0.300. The zero-order valence-electron chi connectivity index (χ0n) is 8.53. The maximum atomic E-state index is 5.29. The van der Waals surface area contributed by atoms with Crippen LogP contribution in [0.1, 0.15) is 18.9 Å². The van der Waals surface area contributed by atoms with Gasteiger partial charge in [0, 0.05) is 12.4 Å². The Morgan fingerprint density at radius 2 is 1.94 bits per heavy atom. The predicted molar refractivity (Wildman–Crippen MR) is 51.9 cm³/mol. The molecule has 1 aliphatic rings. The zero-order chi connectivity index (χ0) is 11.0. The fourth-order valence-electron chi connectivity index (χ4n) is 1.40. The molecule has 3 rings (SSSR count). The van der Waals surface area contributed by atoms with Crippen LogP contribution in [-0.2, 0) is 9.47 Å². The molecule has 1 saturated heterocycles. The van der Waals surface area contributed by atoms with Crippen molar-refractivity contribution in [2.75, 3.05) is 0 Å². The van der Waals surface area contributed by atoms with Crippen LogP contribution in [0.3, 0.4) is 0 Å². The van der Waals surface area contributed by atoms with E-state index in [4.69, 9.17) is 13.9 Å². The van der Waals surface area contributed by atoms with Crippen LogP contribution in [0.4, 0.5) is 0 Å². The van der Waals surface area contributed by atoms with E-state index in [0.717, 1.165) is 0 Å². The molecule has 2 aromatic heterocycles. The molecule has 0 aromatic carbocycles. The third-order valence-corrected chi connectivity index (χ3v) is 2.15. The minimum atomic E-state index is -0.434. The van der Waals surface area contributed by atoms with Gasteiger partial charge in [0.25, 0.3) is 5.89 Å². The number of rotatable bonds is 2. The summed E-state index contributed by atoms with van der Waals surface area (Å²) in [5, 5.41) is 0. The first kappa shape index (κ1) is 9.44. The zero-order valence-corrected chi connectivity index (χ0v) is 8.53. The van der Waals surface area contributed by atoms with E-state index >= 15 is 0 Å². The standard InChI is InChI=1S/C10H9N3O3/c1-6-15-10(16-6)7-5-14-9(13-7)8-11-3-2-4-12-8/h2-6,10H,1H3. The molecular weight excluding hydrogens is 210 g/mol. The SMILES string of the molecule is CC1OC(c2coc(-c3ncccn3)n2)O1. The summed E-state index contributed by atoms with van der Waals surface area (Å²) in [6, 6.07) is 1.73. The van der Waals surface area contributed by atoms with Crippen molar-refractivity contribution in [2.24, 2.45) is 0 Å². The van der Waals surface area contributed by atoms with Crippen LogP contribution in [0.15, 0.2) is 29.1 Å².